The number of ether oxygens (including phenoxy) is 1. The first-order valence-electron chi connectivity index (χ1n) is 3.50. The molecule has 11 heavy (non-hydrogen) atoms. The summed E-state index contributed by atoms with van der Waals surface area (Å²) in [5.41, 5.74) is 0. The number of rotatable bonds is 4. The van der Waals surface area contributed by atoms with Gasteiger partial charge in [-0.05, 0) is 6.92 Å². The fourth-order valence-electron chi connectivity index (χ4n) is 0.494. The van der Waals surface area contributed by atoms with Gasteiger partial charge in [0.15, 0.2) is 0 Å². The number of halogens is 1. The predicted octanol–water partition coefficient (Wildman–Crippen LogP) is -1.75. The Morgan fingerprint density at radius 2 is 1.82 bits per heavy atom. The molecule has 0 unspecified atom stereocenters. The molecule has 0 amide bonds. The van der Waals surface area contributed by atoms with E-state index < -0.39 is 0 Å². The Bertz CT molecular complexity index is 118. The molecule has 0 saturated heterocycles. The highest BCUT2D eigenvalue weighted by molar-refractivity contribution is 4.72. The molecule has 0 spiro atoms. The van der Waals surface area contributed by atoms with Crippen LogP contribution in [-0.2, 0) is 4.74 Å². The quantitative estimate of drug-likeness (QED) is 0.368. The Morgan fingerprint density at radius 1 is 1.36 bits per heavy atom. The monoisotopic (exact) mass is 179 g/mol. The lowest BCUT2D eigenvalue weighted by Crippen LogP contribution is -3.00. The van der Waals surface area contributed by atoms with Crippen LogP contribution < -0.4 is 12.4 Å². The minimum absolute atomic E-state index is 0. The third-order valence-corrected chi connectivity index (χ3v) is 1.11. The first-order chi connectivity index (χ1) is 4.42. The Hall–Kier alpha value is -0.210. The highest BCUT2D eigenvalue weighted by atomic mass is 35.5. The van der Waals surface area contributed by atoms with Crippen molar-refractivity contribution in [2.75, 3.05) is 34.3 Å². The largest absolute Gasteiger partial charge is 1.00 e. The van der Waals surface area contributed by atoms with Crippen LogP contribution in [0, 0.1) is 0 Å². The molecule has 68 valence electrons. The van der Waals surface area contributed by atoms with Gasteiger partial charge in [-0.1, -0.05) is 6.58 Å². The molecule has 0 aliphatic heterocycles. The second kappa shape index (κ2) is 5.44. The van der Waals surface area contributed by atoms with E-state index in [-0.39, 0.29) is 12.4 Å². The molecule has 0 radical (unpaired) electrons. The highest BCUT2D eigenvalue weighted by Gasteiger charge is 2.05. The van der Waals surface area contributed by atoms with Gasteiger partial charge in [-0.2, -0.15) is 0 Å². The van der Waals surface area contributed by atoms with E-state index in [9.17, 15) is 0 Å². The summed E-state index contributed by atoms with van der Waals surface area (Å²) >= 11 is 0. The molecule has 0 saturated carbocycles. The first-order valence-corrected chi connectivity index (χ1v) is 3.50. The molecule has 0 aromatic heterocycles. The number of hydrogen-bond acceptors (Lipinski definition) is 1. The van der Waals surface area contributed by atoms with Crippen molar-refractivity contribution in [3.63, 3.8) is 0 Å². The summed E-state index contributed by atoms with van der Waals surface area (Å²) in [6.07, 6.45) is 0. The normalized spacial score (nSPS) is 10.2. The van der Waals surface area contributed by atoms with E-state index in [4.69, 9.17) is 4.74 Å². The van der Waals surface area contributed by atoms with Crippen LogP contribution in [0.15, 0.2) is 12.3 Å². The maximum absolute atomic E-state index is 5.21. The van der Waals surface area contributed by atoms with Crippen molar-refractivity contribution in [1.82, 2.24) is 0 Å². The van der Waals surface area contributed by atoms with E-state index in [1.165, 1.54) is 0 Å². The molecule has 0 aromatic carbocycles. The minimum Gasteiger partial charge on any atom is -1.00 e. The molecule has 0 heterocycles. The smallest absolute Gasteiger partial charge is 0.137 e. The second-order valence-electron chi connectivity index (χ2n) is 3.56. The van der Waals surface area contributed by atoms with Crippen molar-refractivity contribution >= 4 is 0 Å². The number of quaternary nitrogens is 1. The number of likely N-dealkylation sites (N-methyl/N-ethyl adjacent to an activating group) is 1. The van der Waals surface area contributed by atoms with E-state index in [0.29, 0.717) is 0 Å². The van der Waals surface area contributed by atoms with E-state index in [1.807, 2.05) is 6.92 Å². The van der Waals surface area contributed by atoms with Crippen LogP contribution in [-0.4, -0.2) is 38.8 Å². The van der Waals surface area contributed by atoms with Crippen LogP contribution in [0.25, 0.3) is 0 Å². The number of allylic oxidation sites excluding steroid dienone is 1. The van der Waals surface area contributed by atoms with Crippen LogP contribution in [0.3, 0.4) is 0 Å². The van der Waals surface area contributed by atoms with Crippen molar-refractivity contribution in [1.29, 1.82) is 0 Å². The molecule has 0 N–H and O–H groups in total. The Kier molecular flexibility index (Phi) is 6.62. The standard InChI is InChI=1S/C8H18NO.ClH/c1-8(2)10-7-6-9(3,4)5;/h1,6-7H2,2-5H3;1H/q+1;/p-1. The van der Waals surface area contributed by atoms with Gasteiger partial charge in [-0.25, -0.2) is 0 Å². The lowest BCUT2D eigenvalue weighted by atomic mass is 10.5. The molecule has 0 aliphatic rings. The first kappa shape index (κ1) is 13.4. The SMILES string of the molecule is C=C(C)OCC[N+](C)(C)C.[Cl-]. The van der Waals surface area contributed by atoms with Gasteiger partial charge in [0.25, 0.3) is 0 Å². The summed E-state index contributed by atoms with van der Waals surface area (Å²) in [4.78, 5) is 0. The zero-order valence-electron chi connectivity index (χ0n) is 7.85. The molecule has 2 nitrogen and oxygen atoms in total. The fourth-order valence-corrected chi connectivity index (χ4v) is 0.494. The lowest BCUT2D eigenvalue weighted by Gasteiger charge is -2.23. The van der Waals surface area contributed by atoms with Crippen LogP contribution >= 0.6 is 0 Å². The van der Waals surface area contributed by atoms with Gasteiger partial charge < -0.3 is 21.6 Å². The van der Waals surface area contributed by atoms with Crippen LogP contribution in [0.5, 0.6) is 0 Å². The van der Waals surface area contributed by atoms with Gasteiger partial charge in [0.1, 0.15) is 13.2 Å². The van der Waals surface area contributed by atoms with Crippen molar-refractivity contribution in [3.8, 4) is 0 Å². The number of hydrogen-bond donors (Lipinski definition) is 0. The summed E-state index contributed by atoms with van der Waals surface area (Å²) < 4.78 is 6.15. The third kappa shape index (κ3) is 12.9. The van der Waals surface area contributed by atoms with Gasteiger partial charge >= 0.3 is 0 Å². The molecule has 0 rings (SSSR count). The molecular formula is C8H18ClNO. The van der Waals surface area contributed by atoms with Crippen molar-refractivity contribution in [2.24, 2.45) is 0 Å². The van der Waals surface area contributed by atoms with Gasteiger partial charge in [-0.3, -0.25) is 0 Å². The van der Waals surface area contributed by atoms with Crippen LogP contribution in [0.2, 0.25) is 0 Å². The molecule has 0 fully saturated rings. The predicted molar refractivity (Wildman–Crippen MR) is 43.7 cm³/mol. The molecule has 0 aliphatic carbocycles. The Labute approximate surface area is 75.8 Å². The Morgan fingerprint density at radius 3 is 2.09 bits per heavy atom. The van der Waals surface area contributed by atoms with E-state index in [1.54, 1.807) is 0 Å². The summed E-state index contributed by atoms with van der Waals surface area (Å²) in [5, 5.41) is 0. The molecular weight excluding hydrogens is 162 g/mol. The van der Waals surface area contributed by atoms with Crippen molar-refractivity contribution in [3.05, 3.63) is 12.3 Å². The Balaban J connectivity index is 0. The molecule has 0 aromatic rings. The van der Waals surface area contributed by atoms with E-state index in [0.717, 1.165) is 23.4 Å². The van der Waals surface area contributed by atoms with Gasteiger partial charge in [0, 0.05) is 0 Å². The maximum atomic E-state index is 5.21. The van der Waals surface area contributed by atoms with Gasteiger partial charge in [0.05, 0.1) is 26.9 Å². The lowest BCUT2D eigenvalue weighted by molar-refractivity contribution is -0.870. The average molecular weight is 180 g/mol. The minimum atomic E-state index is 0. The van der Waals surface area contributed by atoms with Crippen molar-refractivity contribution < 1.29 is 21.6 Å². The topological polar surface area (TPSA) is 9.23 Å². The number of nitrogens with zero attached hydrogens (tertiary/aromatic N) is 1. The molecule has 0 bridgehead atoms. The third-order valence-electron chi connectivity index (χ3n) is 1.11. The van der Waals surface area contributed by atoms with Gasteiger partial charge in [0.2, 0.25) is 0 Å². The van der Waals surface area contributed by atoms with E-state index >= 15 is 0 Å². The maximum Gasteiger partial charge on any atom is 0.137 e. The average Bonchev–Trinajstić information content (AvgIpc) is 1.59. The second-order valence-corrected chi connectivity index (χ2v) is 3.56. The van der Waals surface area contributed by atoms with Crippen molar-refractivity contribution in [2.45, 2.75) is 6.92 Å². The van der Waals surface area contributed by atoms with Crippen LogP contribution in [0.4, 0.5) is 0 Å². The molecule has 0 atom stereocenters. The van der Waals surface area contributed by atoms with E-state index in [2.05, 4.69) is 27.7 Å². The summed E-state index contributed by atoms with van der Waals surface area (Å²) in [6, 6.07) is 0. The highest BCUT2D eigenvalue weighted by Crippen LogP contribution is 1.93. The fraction of sp³-hybridized carbons (Fsp3) is 0.750. The zero-order valence-corrected chi connectivity index (χ0v) is 8.61. The molecule has 3 heteroatoms. The van der Waals surface area contributed by atoms with Crippen LogP contribution in [0.1, 0.15) is 6.92 Å². The summed E-state index contributed by atoms with van der Waals surface area (Å²) in [6.45, 7) is 7.30. The zero-order chi connectivity index (χ0) is 8.20. The van der Waals surface area contributed by atoms with Gasteiger partial charge in [-0.15, -0.1) is 0 Å². The summed E-state index contributed by atoms with van der Waals surface area (Å²) in [5.74, 6) is 0.799. The summed E-state index contributed by atoms with van der Waals surface area (Å²) in [7, 11) is 6.42.